The summed E-state index contributed by atoms with van der Waals surface area (Å²) in [6.45, 7) is 2.80. The summed E-state index contributed by atoms with van der Waals surface area (Å²) < 4.78 is 27.4. The van der Waals surface area contributed by atoms with Gasteiger partial charge < -0.3 is 5.32 Å². The first-order valence-electron chi connectivity index (χ1n) is 6.73. The maximum Gasteiger partial charge on any atom is 0.150 e. The Morgan fingerprint density at radius 3 is 2.58 bits per heavy atom. The van der Waals surface area contributed by atoms with E-state index < -0.39 is 11.6 Å². The number of nitrogens with one attached hydrogen (secondary N) is 1. The topological polar surface area (TPSA) is 35.8 Å². The van der Waals surface area contributed by atoms with Gasteiger partial charge in [0.1, 0.15) is 5.69 Å². The monoisotopic (exact) mass is 264 g/mol. The van der Waals surface area contributed by atoms with Gasteiger partial charge in [0.2, 0.25) is 0 Å². The van der Waals surface area contributed by atoms with E-state index in [1.165, 1.54) is 12.8 Å². The van der Waals surface area contributed by atoms with Crippen molar-refractivity contribution in [1.29, 1.82) is 5.26 Å². The lowest BCUT2D eigenvalue weighted by molar-refractivity contribution is 0.293. The Kier molecular flexibility index (Phi) is 4.36. The van der Waals surface area contributed by atoms with E-state index in [1.54, 1.807) is 6.07 Å². The molecule has 0 saturated heterocycles. The van der Waals surface area contributed by atoms with Crippen LogP contribution in [-0.4, -0.2) is 6.54 Å². The predicted molar refractivity (Wildman–Crippen MR) is 70.7 cm³/mol. The van der Waals surface area contributed by atoms with E-state index in [2.05, 4.69) is 12.2 Å². The zero-order chi connectivity index (χ0) is 13.8. The molecule has 1 aliphatic rings. The quantitative estimate of drug-likeness (QED) is 0.893. The minimum atomic E-state index is -0.694. The zero-order valence-electron chi connectivity index (χ0n) is 11.0. The van der Waals surface area contributed by atoms with Crippen molar-refractivity contribution in [2.75, 3.05) is 11.9 Å². The second-order valence-electron chi connectivity index (χ2n) is 5.45. The predicted octanol–water partition coefficient (Wildman–Crippen LogP) is 4.07. The summed E-state index contributed by atoms with van der Waals surface area (Å²) in [6.07, 6.45) is 4.64. The van der Waals surface area contributed by atoms with E-state index in [1.807, 2.05) is 0 Å². The van der Waals surface area contributed by atoms with E-state index in [0.717, 1.165) is 25.0 Å². The van der Waals surface area contributed by atoms with Crippen LogP contribution in [-0.2, 0) is 0 Å². The summed E-state index contributed by atoms with van der Waals surface area (Å²) >= 11 is 0. The van der Waals surface area contributed by atoms with Crippen molar-refractivity contribution in [2.45, 2.75) is 32.6 Å². The third-order valence-electron chi connectivity index (χ3n) is 3.78. The first kappa shape index (κ1) is 13.8. The summed E-state index contributed by atoms with van der Waals surface area (Å²) in [4.78, 5) is 0. The van der Waals surface area contributed by atoms with Crippen LogP contribution < -0.4 is 5.32 Å². The van der Waals surface area contributed by atoms with Gasteiger partial charge in [-0.15, -0.1) is 0 Å². The van der Waals surface area contributed by atoms with Crippen molar-refractivity contribution in [2.24, 2.45) is 11.8 Å². The van der Waals surface area contributed by atoms with Crippen LogP contribution in [0.2, 0.25) is 0 Å². The Morgan fingerprint density at radius 1 is 1.32 bits per heavy atom. The molecule has 0 amide bonds. The Balaban J connectivity index is 2.01. The molecule has 2 rings (SSSR count). The van der Waals surface area contributed by atoms with Crippen LogP contribution >= 0.6 is 0 Å². The van der Waals surface area contributed by atoms with Gasteiger partial charge in [-0.3, -0.25) is 0 Å². The summed E-state index contributed by atoms with van der Waals surface area (Å²) in [7, 11) is 0. The number of nitriles is 1. The number of anilines is 1. The van der Waals surface area contributed by atoms with Gasteiger partial charge in [-0.05, 0) is 36.8 Å². The highest BCUT2D eigenvalue weighted by atomic mass is 19.1. The maximum atomic E-state index is 13.7. The molecule has 19 heavy (non-hydrogen) atoms. The molecule has 0 radical (unpaired) electrons. The number of hydrogen-bond donors (Lipinski definition) is 1. The standard InChI is InChI=1S/C15H18F2N2/c1-10-3-2-4-11(5-10)9-19-15-13(16)6-12(8-18)7-14(15)17/h6-7,10-11,19H,2-5,9H2,1H3. The number of nitrogens with zero attached hydrogens (tertiary/aromatic N) is 1. The first-order valence-corrected chi connectivity index (χ1v) is 6.73. The van der Waals surface area contributed by atoms with E-state index in [4.69, 9.17) is 5.26 Å². The van der Waals surface area contributed by atoms with Crippen molar-refractivity contribution >= 4 is 5.69 Å². The van der Waals surface area contributed by atoms with Gasteiger partial charge in [-0.2, -0.15) is 5.26 Å². The molecule has 2 unspecified atom stereocenters. The van der Waals surface area contributed by atoms with Gasteiger partial charge in [-0.25, -0.2) is 8.78 Å². The molecule has 0 aliphatic heterocycles. The Hall–Kier alpha value is -1.63. The normalized spacial score (nSPS) is 22.8. The molecular weight excluding hydrogens is 246 g/mol. The fraction of sp³-hybridized carbons (Fsp3) is 0.533. The average Bonchev–Trinajstić information content (AvgIpc) is 2.37. The third-order valence-corrected chi connectivity index (χ3v) is 3.78. The van der Waals surface area contributed by atoms with Gasteiger partial charge in [0, 0.05) is 6.54 Å². The largest absolute Gasteiger partial charge is 0.380 e. The van der Waals surface area contributed by atoms with E-state index in [9.17, 15) is 8.78 Å². The second-order valence-corrected chi connectivity index (χ2v) is 5.45. The molecule has 0 bridgehead atoms. The maximum absolute atomic E-state index is 13.7. The fourth-order valence-electron chi connectivity index (χ4n) is 2.80. The van der Waals surface area contributed by atoms with Crippen LogP contribution in [0.1, 0.15) is 38.2 Å². The molecule has 1 saturated carbocycles. The van der Waals surface area contributed by atoms with Crippen molar-refractivity contribution in [1.82, 2.24) is 0 Å². The molecule has 2 atom stereocenters. The van der Waals surface area contributed by atoms with Gasteiger partial charge in [0.25, 0.3) is 0 Å². The van der Waals surface area contributed by atoms with Crippen LogP contribution in [0.15, 0.2) is 12.1 Å². The van der Waals surface area contributed by atoms with Crippen LogP contribution in [0.5, 0.6) is 0 Å². The zero-order valence-corrected chi connectivity index (χ0v) is 11.0. The molecule has 0 spiro atoms. The lowest BCUT2D eigenvalue weighted by Gasteiger charge is -2.27. The van der Waals surface area contributed by atoms with Gasteiger partial charge in [-0.1, -0.05) is 19.8 Å². The third kappa shape index (κ3) is 3.44. The van der Waals surface area contributed by atoms with E-state index in [0.29, 0.717) is 18.4 Å². The molecule has 102 valence electrons. The SMILES string of the molecule is CC1CCCC(CNc2c(F)cc(C#N)cc2F)C1. The van der Waals surface area contributed by atoms with Gasteiger partial charge in [0.15, 0.2) is 11.6 Å². The average molecular weight is 264 g/mol. The molecular formula is C15H18F2N2. The highest BCUT2D eigenvalue weighted by molar-refractivity contribution is 5.50. The Bertz CT molecular complexity index is 470. The summed E-state index contributed by atoms with van der Waals surface area (Å²) in [6, 6.07) is 3.87. The lowest BCUT2D eigenvalue weighted by atomic mass is 9.82. The summed E-state index contributed by atoms with van der Waals surface area (Å²) in [5, 5.41) is 11.5. The molecule has 1 aromatic carbocycles. The number of benzene rings is 1. The molecule has 2 nitrogen and oxygen atoms in total. The molecule has 1 aromatic rings. The van der Waals surface area contributed by atoms with E-state index >= 15 is 0 Å². The fourth-order valence-corrected chi connectivity index (χ4v) is 2.80. The van der Waals surface area contributed by atoms with Crippen LogP contribution in [0.3, 0.4) is 0 Å². The molecule has 1 N–H and O–H groups in total. The van der Waals surface area contributed by atoms with Gasteiger partial charge >= 0.3 is 0 Å². The van der Waals surface area contributed by atoms with Crippen molar-refractivity contribution < 1.29 is 8.78 Å². The highest BCUT2D eigenvalue weighted by Crippen LogP contribution is 2.29. The number of halogens is 2. The van der Waals surface area contributed by atoms with Crippen LogP contribution in [0.4, 0.5) is 14.5 Å². The first-order chi connectivity index (χ1) is 9.10. The van der Waals surface area contributed by atoms with Crippen LogP contribution in [0, 0.1) is 34.8 Å². The smallest absolute Gasteiger partial charge is 0.150 e. The second kappa shape index (κ2) is 6.01. The minimum absolute atomic E-state index is 0.00633. The Morgan fingerprint density at radius 2 is 2.00 bits per heavy atom. The molecule has 0 aromatic heterocycles. The van der Waals surface area contributed by atoms with E-state index in [-0.39, 0.29) is 11.3 Å². The highest BCUT2D eigenvalue weighted by Gasteiger charge is 2.20. The molecule has 1 fully saturated rings. The molecule has 4 heteroatoms. The summed E-state index contributed by atoms with van der Waals surface area (Å²) in [5.41, 5.74) is -0.107. The van der Waals surface area contributed by atoms with Crippen LogP contribution in [0.25, 0.3) is 0 Å². The molecule has 0 heterocycles. The summed E-state index contributed by atoms with van der Waals surface area (Å²) in [5.74, 6) is -0.227. The van der Waals surface area contributed by atoms with Crippen molar-refractivity contribution in [3.63, 3.8) is 0 Å². The Labute approximate surface area is 112 Å². The minimum Gasteiger partial charge on any atom is -0.380 e. The number of hydrogen-bond acceptors (Lipinski definition) is 2. The van der Waals surface area contributed by atoms with Gasteiger partial charge in [0.05, 0.1) is 11.6 Å². The van der Waals surface area contributed by atoms with Crippen molar-refractivity contribution in [3.8, 4) is 6.07 Å². The number of rotatable bonds is 3. The molecule has 1 aliphatic carbocycles. The van der Waals surface area contributed by atoms with Crippen molar-refractivity contribution in [3.05, 3.63) is 29.3 Å². The lowest BCUT2D eigenvalue weighted by Crippen LogP contribution is -2.21.